The molecule has 1 aromatic carbocycles. The van der Waals surface area contributed by atoms with Crippen molar-refractivity contribution in [3.8, 4) is 5.69 Å². The third kappa shape index (κ3) is 2.21. The number of carboxylic acid groups (broad SMARTS) is 1. The van der Waals surface area contributed by atoms with E-state index in [0.717, 1.165) is 0 Å². The fourth-order valence-electron chi connectivity index (χ4n) is 2.12. The first-order chi connectivity index (χ1) is 10.1. The van der Waals surface area contributed by atoms with Gasteiger partial charge in [0.15, 0.2) is 5.69 Å². The van der Waals surface area contributed by atoms with E-state index in [-0.39, 0.29) is 12.3 Å². The van der Waals surface area contributed by atoms with Crippen LogP contribution in [-0.4, -0.2) is 47.7 Å². The second-order valence-electron chi connectivity index (χ2n) is 4.52. The fourth-order valence-corrected chi connectivity index (χ4v) is 2.12. The van der Waals surface area contributed by atoms with E-state index < -0.39 is 5.97 Å². The summed E-state index contributed by atoms with van der Waals surface area (Å²) in [6.07, 6.45) is 2.07. The van der Waals surface area contributed by atoms with E-state index in [1.165, 1.54) is 10.7 Å². The number of carbonyl (C=O) groups is 1. The van der Waals surface area contributed by atoms with Crippen LogP contribution in [0, 0.1) is 0 Å². The Morgan fingerprint density at radius 2 is 2.10 bits per heavy atom. The molecule has 0 amide bonds. The van der Waals surface area contributed by atoms with E-state index in [2.05, 4.69) is 10.3 Å². The largest absolute Gasteiger partial charge is 0.476 e. The van der Waals surface area contributed by atoms with Crippen LogP contribution in [0.1, 0.15) is 16.2 Å². The van der Waals surface area contributed by atoms with Gasteiger partial charge in [-0.3, -0.25) is 0 Å². The molecule has 0 bridgehead atoms. The van der Waals surface area contributed by atoms with Crippen molar-refractivity contribution in [2.75, 3.05) is 6.61 Å². The highest BCUT2D eigenvalue weighted by atomic mass is 16.5. The highest BCUT2D eigenvalue weighted by Gasteiger charge is 2.15. The van der Waals surface area contributed by atoms with Crippen LogP contribution in [0.4, 0.5) is 0 Å². The lowest BCUT2D eigenvalue weighted by atomic mass is 10.2. The Hall–Kier alpha value is -2.87. The number of aliphatic hydroxyl groups is 1. The lowest BCUT2D eigenvalue weighted by molar-refractivity contribution is 0.0649. The number of aromatic carboxylic acids is 1. The number of benzene rings is 1. The van der Waals surface area contributed by atoms with Gasteiger partial charge in [0.2, 0.25) is 0 Å². The van der Waals surface area contributed by atoms with E-state index in [0.29, 0.717) is 33.4 Å². The monoisotopic (exact) mass is 288 g/mol. The molecule has 0 saturated heterocycles. The van der Waals surface area contributed by atoms with Gasteiger partial charge in [-0.25, -0.2) is 9.48 Å². The minimum Gasteiger partial charge on any atom is -0.476 e. The van der Waals surface area contributed by atoms with Gasteiger partial charge < -0.3 is 15.4 Å². The highest BCUT2D eigenvalue weighted by molar-refractivity contribution is 5.94. The lowest BCUT2D eigenvalue weighted by Gasteiger charge is -2.02. The maximum Gasteiger partial charge on any atom is 0.356 e. The van der Waals surface area contributed by atoms with Crippen molar-refractivity contribution in [3.63, 3.8) is 0 Å². The standard InChI is InChI=1S/C13H12N4O4/c18-4-3-9-7-16(15-14-9)10-2-1-8-5-12(13(19)20)17(21)11(8)6-10/h1-2,5-7,18,21H,3-4H2,(H,19,20). The van der Waals surface area contributed by atoms with Crippen LogP contribution in [0.15, 0.2) is 30.5 Å². The van der Waals surface area contributed by atoms with Gasteiger partial charge in [-0.05, 0) is 18.2 Å². The molecule has 21 heavy (non-hydrogen) atoms. The second-order valence-corrected chi connectivity index (χ2v) is 4.52. The highest BCUT2D eigenvalue weighted by Crippen LogP contribution is 2.21. The Morgan fingerprint density at radius 3 is 2.81 bits per heavy atom. The minimum atomic E-state index is -1.21. The minimum absolute atomic E-state index is 0.0147. The Morgan fingerprint density at radius 1 is 1.29 bits per heavy atom. The quantitative estimate of drug-likeness (QED) is 0.609. The number of carboxylic acids is 1. The Kier molecular flexibility index (Phi) is 3.07. The molecule has 0 aliphatic carbocycles. The molecule has 3 aromatic rings. The van der Waals surface area contributed by atoms with E-state index in [1.807, 2.05) is 0 Å². The first-order valence-electron chi connectivity index (χ1n) is 6.20. The number of hydrogen-bond acceptors (Lipinski definition) is 5. The molecular formula is C13H12N4O4. The summed E-state index contributed by atoms with van der Waals surface area (Å²) in [6.45, 7) is -0.0147. The second kappa shape index (κ2) is 4.91. The van der Waals surface area contributed by atoms with Gasteiger partial charge in [0, 0.05) is 18.4 Å². The molecular weight excluding hydrogens is 276 g/mol. The third-order valence-electron chi connectivity index (χ3n) is 3.16. The number of fused-ring (bicyclic) bond motifs is 1. The smallest absolute Gasteiger partial charge is 0.356 e. The summed E-state index contributed by atoms with van der Waals surface area (Å²) >= 11 is 0. The Bertz CT molecular complexity index is 821. The number of nitrogens with zero attached hydrogens (tertiary/aromatic N) is 4. The summed E-state index contributed by atoms with van der Waals surface area (Å²) < 4.78 is 2.13. The molecule has 3 N–H and O–H groups in total. The van der Waals surface area contributed by atoms with Crippen molar-refractivity contribution >= 4 is 16.9 Å². The lowest BCUT2D eigenvalue weighted by Crippen LogP contribution is -2.04. The number of hydrogen-bond donors (Lipinski definition) is 3. The molecule has 0 aliphatic rings. The van der Waals surface area contributed by atoms with Crippen molar-refractivity contribution in [3.05, 3.63) is 41.9 Å². The maximum atomic E-state index is 11.0. The average Bonchev–Trinajstić information content (AvgIpc) is 3.04. The average molecular weight is 288 g/mol. The molecule has 0 aliphatic heterocycles. The first kappa shape index (κ1) is 13.1. The summed E-state index contributed by atoms with van der Waals surface area (Å²) in [4.78, 5) is 11.0. The summed E-state index contributed by atoms with van der Waals surface area (Å²) in [6, 6.07) is 6.43. The molecule has 0 spiro atoms. The number of aliphatic hydroxyl groups excluding tert-OH is 1. The normalized spacial score (nSPS) is 11.1. The van der Waals surface area contributed by atoms with Gasteiger partial charge in [0.05, 0.1) is 23.1 Å². The molecule has 2 heterocycles. The summed E-state index contributed by atoms with van der Waals surface area (Å²) in [5.41, 5.74) is 1.43. The van der Waals surface area contributed by atoms with Gasteiger partial charge in [-0.1, -0.05) is 11.3 Å². The number of aromatic nitrogens is 4. The van der Waals surface area contributed by atoms with Gasteiger partial charge in [-0.2, -0.15) is 4.73 Å². The number of rotatable bonds is 4. The zero-order chi connectivity index (χ0) is 15.0. The van der Waals surface area contributed by atoms with E-state index in [1.54, 1.807) is 24.4 Å². The molecule has 108 valence electrons. The Labute approximate surface area is 118 Å². The van der Waals surface area contributed by atoms with Crippen LogP contribution in [0.5, 0.6) is 0 Å². The van der Waals surface area contributed by atoms with Crippen LogP contribution >= 0.6 is 0 Å². The maximum absolute atomic E-state index is 11.0. The molecule has 0 radical (unpaired) electrons. The molecule has 8 nitrogen and oxygen atoms in total. The van der Waals surface area contributed by atoms with Crippen molar-refractivity contribution in [1.82, 2.24) is 19.7 Å². The van der Waals surface area contributed by atoms with Crippen LogP contribution in [-0.2, 0) is 6.42 Å². The summed E-state index contributed by atoms with van der Waals surface area (Å²) in [5.74, 6) is -1.21. The van der Waals surface area contributed by atoms with Crippen molar-refractivity contribution in [2.24, 2.45) is 0 Å². The summed E-state index contributed by atoms with van der Waals surface area (Å²) in [5, 5.41) is 36.2. The fraction of sp³-hybridized carbons (Fsp3) is 0.154. The van der Waals surface area contributed by atoms with Gasteiger partial charge >= 0.3 is 5.97 Å². The molecule has 2 aromatic heterocycles. The molecule has 0 saturated carbocycles. The van der Waals surface area contributed by atoms with Crippen molar-refractivity contribution in [1.29, 1.82) is 0 Å². The zero-order valence-corrected chi connectivity index (χ0v) is 10.8. The van der Waals surface area contributed by atoms with Crippen LogP contribution in [0.2, 0.25) is 0 Å². The molecule has 8 heteroatoms. The predicted octanol–water partition coefficient (Wildman–Crippen LogP) is 0.692. The predicted molar refractivity (Wildman–Crippen MR) is 71.8 cm³/mol. The van der Waals surface area contributed by atoms with E-state index in [9.17, 15) is 10.0 Å². The molecule has 0 atom stereocenters. The third-order valence-corrected chi connectivity index (χ3v) is 3.16. The van der Waals surface area contributed by atoms with E-state index in [4.69, 9.17) is 10.2 Å². The molecule has 0 unspecified atom stereocenters. The van der Waals surface area contributed by atoms with Crippen LogP contribution in [0.3, 0.4) is 0 Å². The van der Waals surface area contributed by atoms with Crippen molar-refractivity contribution in [2.45, 2.75) is 6.42 Å². The topological polar surface area (TPSA) is 113 Å². The summed E-state index contributed by atoms with van der Waals surface area (Å²) in [7, 11) is 0. The van der Waals surface area contributed by atoms with Gasteiger partial charge in [0.1, 0.15) is 0 Å². The zero-order valence-electron chi connectivity index (χ0n) is 10.8. The van der Waals surface area contributed by atoms with Gasteiger partial charge in [-0.15, -0.1) is 5.10 Å². The first-order valence-corrected chi connectivity index (χ1v) is 6.20. The van der Waals surface area contributed by atoms with Gasteiger partial charge in [0.25, 0.3) is 0 Å². The van der Waals surface area contributed by atoms with Crippen molar-refractivity contribution < 1.29 is 20.2 Å². The SMILES string of the molecule is O=C(O)c1cc2ccc(-n3cc(CCO)nn3)cc2n1O. The van der Waals surface area contributed by atoms with Crippen LogP contribution in [0.25, 0.3) is 16.6 Å². The molecule has 0 fully saturated rings. The Balaban J connectivity index is 2.07. The van der Waals surface area contributed by atoms with Crippen LogP contribution < -0.4 is 0 Å². The van der Waals surface area contributed by atoms with E-state index >= 15 is 0 Å². The molecule has 3 rings (SSSR count).